The zero-order valence-corrected chi connectivity index (χ0v) is 20.6. The number of carbonyl (C=O) groups excluding carboxylic acids is 1. The summed E-state index contributed by atoms with van der Waals surface area (Å²) in [6.07, 6.45) is 5.71. The van der Waals surface area contributed by atoms with Gasteiger partial charge in [0.15, 0.2) is 0 Å². The van der Waals surface area contributed by atoms with Crippen LogP contribution in [0.2, 0.25) is 0 Å². The maximum atomic E-state index is 12.6. The van der Waals surface area contributed by atoms with Gasteiger partial charge in [-0.05, 0) is 57.6 Å². The summed E-state index contributed by atoms with van der Waals surface area (Å²) in [7, 11) is 3.57. The van der Waals surface area contributed by atoms with Crippen LogP contribution in [-0.4, -0.2) is 69.2 Å². The Bertz CT molecular complexity index is 1050. The lowest BCUT2D eigenvalue weighted by Gasteiger charge is -2.30. The molecule has 35 heavy (non-hydrogen) atoms. The molecule has 4 rings (SSSR count). The van der Waals surface area contributed by atoms with E-state index >= 15 is 0 Å². The van der Waals surface area contributed by atoms with E-state index in [1.165, 1.54) is 0 Å². The number of rotatable bonds is 7. The van der Waals surface area contributed by atoms with Crippen LogP contribution in [0, 0.1) is 12.8 Å². The van der Waals surface area contributed by atoms with Crippen LogP contribution in [0.5, 0.6) is 5.75 Å². The molecule has 1 aliphatic carbocycles. The van der Waals surface area contributed by atoms with Gasteiger partial charge in [0.2, 0.25) is 0 Å². The van der Waals surface area contributed by atoms with Crippen LogP contribution in [0.1, 0.15) is 49.9 Å². The number of aromatic nitrogens is 3. The van der Waals surface area contributed by atoms with E-state index in [1.807, 2.05) is 19.1 Å². The number of carbonyl (C=O) groups is 2. The van der Waals surface area contributed by atoms with Crippen LogP contribution in [-0.2, 0) is 27.9 Å². The van der Waals surface area contributed by atoms with Crippen molar-refractivity contribution in [1.82, 2.24) is 19.7 Å². The number of aryl methyl sites for hydroxylation is 2. The van der Waals surface area contributed by atoms with Gasteiger partial charge in [-0.2, -0.15) is 5.10 Å². The molecule has 3 heterocycles. The van der Waals surface area contributed by atoms with Crippen molar-refractivity contribution in [2.75, 3.05) is 20.3 Å². The minimum atomic E-state index is -0.757. The van der Waals surface area contributed by atoms with Gasteiger partial charge in [-0.1, -0.05) is 0 Å². The molecule has 2 aliphatic rings. The fourth-order valence-electron chi connectivity index (χ4n) is 4.78. The Morgan fingerprint density at radius 1 is 1.23 bits per heavy atom. The van der Waals surface area contributed by atoms with Crippen LogP contribution < -0.4 is 4.74 Å². The lowest BCUT2D eigenvalue weighted by Crippen LogP contribution is -2.40. The molecule has 10 nitrogen and oxygen atoms in total. The standard InChI is InChI=1S/C25H34N4O6/c1-16-23(35-19-6-4-5-17(13-19)24(30)31)8-7-21(27-16)20-14-26-29(3)22(20)15-34-25(32)28(2)18-9-11-33-12-10-18/h7-8,14,17-19H,4-6,9-13,15H2,1-3H3,(H,30,31)/t17-,19-/m0/s1. The van der Waals surface area contributed by atoms with Gasteiger partial charge < -0.3 is 24.2 Å². The second-order valence-electron chi connectivity index (χ2n) is 9.36. The number of ether oxygens (including phenoxy) is 3. The van der Waals surface area contributed by atoms with Crippen LogP contribution >= 0.6 is 0 Å². The molecule has 1 aliphatic heterocycles. The Balaban J connectivity index is 1.42. The first-order valence-corrected chi connectivity index (χ1v) is 12.2. The fraction of sp³-hybridized carbons (Fsp3) is 0.600. The quantitative estimate of drug-likeness (QED) is 0.632. The van der Waals surface area contributed by atoms with E-state index in [4.69, 9.17) is 19.2 Å². The molecule has 0 radical (unpaired) electrons. The molecule has 1 amide bonds. The summed E-state index contributed by atoms with van der Waals surface area (Å²) in [6.45, 7) is 3.25. The Morgan fingerprint density at radius 3 is 2.71 bits per heavy atom. The number of pyridine rings is 1. The molecule has 2 aromatic rings. The third kappa shape index (κ3) is 5.93. The first-order chi connectivity index (χ1) is 16.8. The number of nitrogens with zero attached hydrogens (tertiary/aromatic N) is 4. The summed E-state index contributed by atoms with van der Waals surface area (Å²) in [6, 6.07) is 3.84. The van der Waals surface area contributed by atoms with Crippen molar-refractivity contribution in [3.05, 3.63) is 29.7 Å². The third-order valence-corrected chi connectivity index (χ3v) is 7.00. The maximum Gasteiger partial charge on any atom is 0.410 e. The molecular weight excluding hydrogens is 452 g/mol. The van der Waals surface area contributed by atoms with E-state index in [2.05, 4.69) is 5.10 Å². The van der Waals surface area contributed by atoms with Crippen molar-refractivity contribution in [3.8, 4) is 17.0 Å². The SMILES string of the molecule is Cc1nc(-c2cnn(C)c2COC(=O)N(C)C2CCOCC2)ccc1O[C@H]1CCC[C@H](C(=O)O)C1. The summed E-state index contributed by atoms with van der Waals surface area (Å²) in [5.41, 5.74) is 2.95. The zero-order chi connectivity index (χ0) is 24.9. The average Bonchev–Trinajstić information content (AvgIpc) is 3.24. The highest BCUT2D eigenvalue weighted by Crippen LogP contribution is 2.31. The van der Waals surface area contributed by atoms with Crippen molar-refractivity contribution in [1.29, 1.82) is 0 Å². The highest BCUT2D eigenvalue weighted by molar-refractivity contribution is 5.70. The predicted molar refractivity (Wildman–Crippen MR) is 127 cm³/mol. The van der Waals surface area contributed by atoms with Crippen LogP contribution in [0.4, 0.5) is 4.79 Å². The topological polar surface area (TPSA) is 116 Å². The van der Waals surface area contributed by atoms with Crippen molar-refractivity contribution >= 4 is 12.1 Å². The van der Waals surface area contributed by atoms with Gasteiger partial charge in [0.1, 0.15) is 12.4 Å². The van der Waals surface area contributed by atoms with E-state index in [9.17, 15) is 14.7 Å². The average molecular weight is 487 g/mol. The molecule has 0 unspecified atom stereocenters. The number of hydrogen-bond donors (Lipinski definition) is 1. The number of hydrogen-bond acceptors (Lipinski definition) is 7. The van der Waals surface area contributed by atoms with Crippen molar-refractivity contribution in [2.24, 2.45) is 13.0 Å². The molecule has 1 saturated carbocycles. The Hall–Kier alpha value is -3.14. The molecule has 0 spiro atoms. The van der Waals surface area contributed by atoms with E-state index < -0.39 is 5.97 Å². The molecule has 1 N–H and O–H groups in total. The van der Waals surface area contributed by atoms with Crippen LogP contribution in [0.15, 0.2) is 18.3 Å². The second-order valence-corrected chi connectivity index (χ2v) is 9.36. The maximum absolute atomic E-state index is 12.6. The summed E-state index contributed by atoms with van der Waals surface area (Å²) in [4.78, 5) is 30.3. The first-order valence-electron chi connectivity index (χ1n) is 12.2. The number of aliphatic carboxylic acids is 1. The van der Waals surface area contributed by atoms with E-state index in [0.29, 0.717) is 43.2 Å². The fourth-order valence-corrected chi connectivity index (χ4v) is 4.78. The van der Waals surface area contributed by atoms with Crippen LogP contribution in [0.3, 0.4) is 0 Å². The lowest BCUT2D eigenvalue weighted by atomic mass is 9.87. The van der Waals surface area contributed by atoms with Crippen molar-refractivity contribution in [3.63, 3.8) is 0 Å². The van der Waals surface area contributed by atoms with Gasteiger partial charge in [-0.15, -0.1) is 0 Å². The smallest absolute Gasteiger partial charge is 0.410 e. The van der Waals surface area contributed by atoms with Gasteiger partial charge >= 0.3 is 12.1 Å². The minimum absolute atomic E-state index is 0.0792. The molecule has 2 aromatic heterocycles. The summed E-state index contributed by atoms with van der Waals surface area (Å²) in [5.74, 6) is -0.459. The van der Waals surface area contributed by atoms with Crippen LogP contribution in [0.25, 0.3) is 11.3 Å². The molecule has 10 heteroatoms. The zero-order valence-electron chi connectivity index (χ0n) is 20.6. The lowest BCUT2D eigenvalue weighted by molar-refractivity contribution is -0.143. The second kappa shape index (κ2) is 11.1. The Labute approximate surface area is 205 Å². The summed E-state index contributed by atoms with van der Waals surface area (Å²) < 4.78 is 18.8. The highest BCUT2D eigenvalue weighted by atomic mass is 16.6. The highest BCUT2D eigenvalue weighted by Gasteiger charge is 2.29. The van der Waals surface area contributed by atoms with E-state index in [1.54, 1.807) is 29.9 Å². The third-order valence-electron chi connectivity index (χ3n) is 7.00. The van der Waals surface area contributed by atoms with Gasteiger partial charge in [0, 0.05) is 38.9 Å². The molecule has 190 valence electrons. The normalized spacial score (nSPS) is 20.9. The molecule has 1 saturated heterocycles. The minimum Gasteiger partial charge on any atom is -0.489 e. The number of amides is 1. The Morgan fingerprint density at radius 2 is 2.00 bits per heavy atom. The molecule has 2 atom stereocenters. The van der Waals surface area contributed by atoms with Gasteiger partial charge in [0.25, 0.3) is 0 Å². The predicted octanol–water partition coefficient (Wildman–Crippen LogP) is 3.56. The molecule has 0 bridgehead atoms. The van der Waals surface area contributed by atoms with E-state index in [0.717, 1.165) is 36.9 Å². The van der Waals surface area contributed by atoms with Gasteiger partial charge in [-0.3, -0.25) is 9.48 Å². The summed E-state index contributed by atoms with van der Waals surface area (Å²) >= 11 is 0. The molecule has 2 fully saturated rings. The first kappa shape index (κ1) is 25.0. The van der Waals surface area contributed by atoms with Crippen molar-refractivity contribution < 1.29 is 28.9 Å². The van der Waals surface area contributed by atoms with E-state index in [-0.39, 0.29) is 30.8 Å². The largest absolute Gasteiger partial charge is 0.489 e. The molecule has 0 aromatic carbocycles. The summed E-state index contributed by atoms with van der Waals surface area (Å²) in [5, 5.41) is 13.7. The van der Waals surface area contributed by atoms with Crippen molar-refractivity contribution in [2.45, 2.75) is 64.2 Å². The monoisotopic (exact) mass is 486 g/mol. The van der Waals surface area contributed by atoms with Gasteiger partial charge in [0.05, 0.1) is 35.3 Å². The molecular formula is C25H34N4O6. The number of carboxylic acids is 1. The Kier molecular flexibility index (Phi) is 7.90. The van der Waals surface area contributed by atoms with Gasteiger partial charge in [-0.25, -0.2) is 9.78 Å². The number of carboxylic acid groups (broad SMARTS) is 1.